The molecule has 0 bridgehead atoms. The molecule has 0 atom stereocenters. The van der Waals surface area contributed by atoms with E-state index in [0.29, 0.717) is 17.6 Å². The van der Waals surface area contributed by atoms with E-state index in [1.165, 1.54) is 23.1 Å². The molecule has 0 aliphatic carbocycles. The molecule has 25 heavy (non-hydrogen) atoms. The molecule has 0 saturated carbocycles. The number of aromatic nitrogens is 2. The highest BCUT2D eigenvalue weighted by atomic mass is 32.2. The van der Waals surface area contributed by atoms with Crippen molar-refractivity contribution < 1.29 is 4.79 Å². The van der Waals surface area contributed by atoms with E-state index in [4.69, 9.17) is 0 Å². The second-order valence-electron chi connectivity index (χ2n) is 6.74. The van der Waals surface area contributed by atoms with Gasteiger partial charge in [-0.3, -0.25) is 4.79 Å². The quantitative estimate of drug-likeness (QED) is 0.650. The van der Waals surface area contributed by atoms with Gasteiger partial charge in [0, 0.05) is 18.8 Å². The van der Waals surface area contributed by atoms with Gasteiger partial charge < -0.3 is 10.2 Å². The third kappa shape index (κ3) is 7.04. The third-order valence-corrected chi connectivity index (χ3v) is 5.23. The molecular weight excluding hydrogens is 352 g/mol. The fourth-order valence-corrected chi connectivity index (χ4v) is 4.01. The minimum absolute atomic E-state index is 0.167. The molecule has 1 aromatic heterocycles. The lowest BCUT2D eigenvalue weighted by Gasteiger charge is -2.26. The molecule has 0 spiro atoms. The molecule has 0 aliphatic rings. The summed E-state index contributed by atoms with van der Waals surface area (Å²) < 4.78 is 0.806. The summed E-state index contributed by atoms with van der Waals surface area (Å²) in [6.45, 7) is 10.2. The summed E-state index contributed by atoms with van der Waals surface area (Å²) in [5, 5.41) is 12.3. The number of amides is 1. The zero-order valence-corrected chi connectivity index (χ0v) is 16.9. The molecule has 5 nitrogen and oxygen atoms in total. The summed E-state index contributed by atoms with van der Waals surface area (Å²) >= 11 is 2.92. The molecule has 7 heteroatoms. The molecule has 0 unspecified atom stereocenters. The summed E-state index contributed by atoms with van der Waals surface area (Å²) in [5.74, 6) is 1.51. The topological polar surface area (TPSA) is 58.1 Å². The Kier molecular flexibility index (Phi) is 7.71. The van der Waals surface area contributed by atoms with Crippen LogP contribution in [0.5, 0.6) is 0 Å². The largest absolute Gasteiger partial charge is 0.341 e. The molecular formula is C18H26N4OS2. The zero-order valence-electron chi connectivity index (χ0n) is 15.2. The van der Waals surface area contributed by atoms with Crippen molar-refractivity contribution in [2.75, 3.05) is 24.2 Å². The summed E-state index contributed by atoms with van der Waals surface area (Å²) in [6, 6.07) is 9.87. The van der Waals surface area contributed by atoms with Gasteiger partial charge in [0.2, 0.25) is 11.0 Å². The number of benzene rings is 1. The fraction of sp³-hybridized carbons (Fsp3) is 0.500. The Bertz CT molecular complexity index is 648. The maximum atomic E-state index is 12.5. The van der Waals surface area contributed by atoms with Crippen molar-refractivity contribution in [2.24, 2.45) is 11.8 Å². The number of rotatable bonds is 9. The molecule has 0 fully saturated rings. The van der Waals surface area contributed by atoms with Crippen LogP contribution in [0.4, 0.5) is 10.8 Å². The molecule has 1 heterocycles. The van der Waals surface area contributed by atoms with Crippen molar-refractivity contribution in [1.29, 1.82) is 0 Å². The van der Waals surface area contributed by atoms with E-state index in [0.717, 1.165) is 28.2 Å². The Morgan fingerprint density at radius 1 is 1.12 bits per heavy atom. The summed E-state index contributed by atoms with van der Waals surface area (Å²) in [7, 11) is 0. The summed E-state index contributed by atoms with van der Waals surface area (Å²) in [6.07, 6.45) is 0. The lowest BCUT2D eigenvalue weighted by molar-refractivity contribution is -0.129. The predicted octanol–water partition coefficient (Wildman–Crippen LogP) is 4.51. The molecule has 136 valence electrons. The first-order valence-electron chi connectivity index (χ1n) is 8.50. The van der Waals surface area contributed by atoms with Crippen LogP contribution in [0.25, 0.3) is 0 Å². The van der Waals surface area contributed by atoms with E-state index in [-0.39, 0.29) is 5.91 Å². The highest BCUT2D eigenvalue weighted by Crippen LogP contribution is 2.27. The van der Waals surface area contributed by atoms with Crippen LogP contribution in [-0.4, -0.2) is 39.8 Å². The van der Waals surface area contributed by atoms with E-state index in [2.05, 4.69) is 43.2 Å². The fourth-order valence-electron chi connectivity index (χ4n) is 2.34. The van der Waals surface area contributed by atoms with Crippen LogP contribution in [0.2, 0.25) is 0 Å². The first kappa shape index (κ1) is 19.7. The summed E-state index contributed by atoms with van der Waals surface area (Å²) in [5.41, 5.74) is 0.978. The monoisotopic (exact) mass is 378 g/mol. The van der Waals surface area contributed by atoms with Crippen LogP contribution < -0.4 is 5.32 Å². The van der Waals surface area contributed by atoms with Crippen LogP contribution >= 0.6 is 23.1 Å². The van der Waals surface area contributed by atoms with Gasteiger partial charge in [0.25, 0.3) is 0 Å². The van der Waals surface area contributed by atoms with E-state index in [1.807, 2.05) is 35.2 Å². The van der Waals surface area contributed by atoms with Gasteiger partial charge in [0.15, 0.2) is 4.34 Å². The average Bonchev–Trinajstić information content (AvgIpc) is 2.99. The number of carbonyl (C=O) groups excluding carboxylic acids is 1. The first-order valence-corrected chi connectivity index (χ1v) is 10.3. The Morgan fingerprint density at radius 3 is 2.36 bits per heavy atom. The minimum atomic E-state index is 0.167. The van der Waals surface area contributed by atoms with Gasteiger partial charge in [-0.15, -0.1) is 10.2 Å². The van der Waals surface area contributed by atoms with Gasteiger partial charge in [-0.2, -0.15) is 0 Å². The number of para-hydroxylation sites is 1. The van der Waals surface area contributed by atoms with Gasteiger partial charge in [-0.1, -0.05) is 69.0 Å². The van der Waals surface area contributed by atoms with E-state index in [1.54, 1.807) is 0 Å². The SMILES string of the molecule is CC(C)CN(CC(C)C)C(=O)CSc1nnc(Nc2ccccc2)s1. The number of hydrogen-bond acceptors (Lipinski definition) is 6. The lowest BCUT2D eigenvalue weighted by Crippen LogP contribution is -2.38. The van der Waals surface area contributed by atoms with Gasteiger partial charge in [-0.25, -0.2) is 0 Å². The number of nitrogens with one attached hydrogen (secondary N) is 1. The van der Waals surface area contributed by atoms with Crippen LogP contribution in [0.15, 0.2) is 34.7 Å². The standard InChI is InChI=1S/C18H26N4OS2/c1-13(2)10-22(11-14(3)4)16(23)12-24-18-21-20-17(25-18)19-15-8-6-5-7-9-15/h5-9,13-14H,10-12H2,1-4H3,(H,19,20). The van der Waals surface area contributed by atoms with Gasteiger partial charge in [-0.05, 0) is 24.0 Å². The molecule has 2 aromatic rings. The maximum Gasteiger partial charge on any atom is 0.233 e. The van der Waals surface area contributed by atoms with Crippen LogP contribution in [-0.2, 0) is 4.79 Å². The Morgan fingerprint density at radius 2 is 1.76 bits per heavy atom. The van der Waals surface area contributed by atoms with Crippen LogP contribution in [0.1, 0.15) is 27.7 Å². The molecule has 0 aliphatic heterocycles. The molecule has 2 rings (SSSR count). The van der Waals surface area contributed by atoms with Gasteiger partial charge in [0.05, 0.1) is 5.75 Å². The van der Waals surface area contributed by atoms with E-state index >= 15 is 0 Å². The van der Waals surface area contributed by atoms with E-state index < -0.39 is 0 Å². The minimum Gasteiger partial charge on any atom is -0.341 e. The zero-order chi connectivity index (χ0) is 18.2. The second kappa shape index (κ2) is 9.77. The molecule has 1 N–H and O–H groups in total. The number of hydrogen-bond donors (Lipinski definition) is 1. The maximum absolute atomic E-state index is 12.5. The molecule has 0 saturated heterocycles. The van der Waals surface area contributed by atoms with Crippen LogP contribution in [0.3, 0.4) is 0 Å². The number of carbonyl (C=O) groups is 1. The van der Waals surface area contributed by atoms with Gasteiger partial charge >= 0.3 is 0 Å². The highest BCUT2D eigenvalue weighted by molar-refractivity contribution is 8.01. The third-order valence-electron chi connectivity index (χ3n) is 3.27. The van der Waals surface area contributed by atoms with E-state index in [9.17, 15) is 4.79 Å². The average molecular weight is 379 g/mol. The Balaban J connectivity index is 1.88. The normalized spacial score (nSPS) is 11.1. The number of thioether (sulfide) groups is 1. The van der Waals surface area contributed by atoms with Gasteiger partial charge in [0.1, 0.15) is 0 Å². The summed E-state index contributed by atoms with van der Waals surface area (Å²) in [4.78, 5) is 14.5. The van der Waals surface area contributed by atoms with Crippen LogP contribution in [0, 0.1) is 11.8 Å². The van der Waals surface area contributed by atoms with Crippen molar-refractivity contribution in [3.63, 3.8) is 0 Å². The predicted molar refractivity (Wildman–Crippen MR) is 107 cm³/mol. The molecule has 1 amide bonds. The van der Waals surface area contributed by atoms with Crippen molar-refractivity contribution in [2.45, 2.75) is 32.0 Å². The molecule has 0 radical (unpaired) electrons. The lowest BCUT2D eigenvalue weighted by atomic mass is 10.1. The highest BCUT2D eigenvalue weighted by Gasteiger charge is 2.17. The number of nitrogens with zero attached hydrogens (tertiary/aromatic N) is 3. The Labute approximate surface area is 158 Å². The molecule has 1 aromatic carbocycles. The first-order chi connectivity index (χ1) is 11.9. The van der Waals surface area contributed by atoms with Crippen molar-refractivity contribution in [3.05, 3.63) is 30.3 Å². The smallest absolute Gasteiger partial charge is 0.233 e. The Hall–Kier alpha value is -1.60. The second-order valence-corrected chi connectivity index (χ2v) is 8.94. The number of anilines is 2. The van der Waals surface area contributed by atoms with Crippen molar-refractivity contribution in [1.82, 2.24) is 15.1 Å². The van der Waals surface area contributed by atoms with Crippen molar-refractivity contribution >= 4 is 39.8 Å². The van der Waals surface area contributed by atoms with Crippen molar-refractivity contribution in [3.8, 4) is 0 Å².